The number of nitrogens with zero attached hydrogens (tertiary/aromatic N) is 1. The Morgan fingerprint density at radius 3 is 2.54 bits per heavy atom. The lowest BCUT2D eigenvalue weighted by atomic mass is 10.0. The summed E-state index contributed by atoms with van der Waals surface area (Å²) in [5, 5.41) is 3.23. The second-order valence-corrected chi connectivity index (χ2v) is 5.97. The second-order valence-electron chi connectivity index (χ2n) is 5.97. The van der Waals surface area contributed by atoms with Crippen LogP contribution in [0.2, 0.25) is 0 Å². The van der Waals surface area contributed by atoms with Crippen LogP contribution >= 0.6 is 0 Å². The van der Waals surface area contributed by atoms with Gasteiger partial charge >= 0.3 is 0 Å². The molecule has 0 bridgehead atoms. The number of carbonyl (C=O) groups excluding carboxylic acids is 1. The van der Waals surface area contributed by atoms with E-state index in [1.807, 2.05) is 31.2 Å². The third-order valence-corrected chi connectivity index (χ3v) is 4.38. The van der Waals surface area contributed by atoms with Crippen LogP contribution in [0.3, 0.4) is 0 Å². The van der Waals surface area contributed by atoms with Gasteiger partial charge in [0.2, 0.25) is 0 Å². The van der Waals surface area contributed by atoms with Crippen LogP contribution in [0.4, 0.5) is 4.39 Å². The number of hydrogen-bond acceptors (Lipinski definition) is 3. The van der Waals surface area contributed by atoms with E-state index in [-0.39, 0.29) is 17.5 Å². The minimum atomic E-state index is -0.487. The van der Waals surface area contributed by atoms with Gasteiger partial charge in [-0.3, -0.25) is 4.79 Å². The van der Waals surface area contributed by atoms with Gasteiger partial charge in [-0.25, -0.2) is 4.39 Å². The van der Waals surface area contributed by atoms with E-state index in [0.717, 1.165) is 30.0 Å². The zero-order chi connectivity index (χ0) is 17.1. The first kappa shape index (κ1) is 16.5. The van der Waals surface area contributed by atoms with Gasteiger partial charge in [-0.1, -0.05) is 18.2 Å². The first-order chi connectivity index (χ1) is 11.6. The van der Waals surface area contributed by atoms with E-state index in [2.05, 4.69) is 5.32 Å². The fourth-order valence-corrected chi connectivity index (χ4v) is 2.95. The Bertz CT molecular complexity index is 731. The van der Waals surface area contributed by atoms with E-state index < -0.39 is 5.82 Å². The fourth-order valence-electron chi connectivity index (χ4n) is 2.95. The molecule has 1 aliphatic rings. The highest BCUT2D eigenvalue weighted by Crippen LogP contribution is 2.25. The van der Waals surface area contributed by atoms with Crippen molar-refractivity contribution in [2.75, 3.05) is 26.7 Å². The Balaban J connectivity index is 1.85. The summed E-state index contributed by atoms with van der Waals surface area (Å²) in [6, 6.07) is 12.2. The molecule has 0 saturated carbocycles. The number of ether oxygens (including phenoxy) is 1. The minimum absolute atomic E-state index is 0.0620. The van der Waals surface area contributed by atoms with Gasteiger partial charge < -0.3 is 15.0 Å². The minimum Gasteiger partial charge on any atom is -0.497 e. The number of hydrogen-bond donors (Lipinski definition) is 1. The highest BCUT2D eigenvalue weighted by molar-refractivity contribution is 5.95. The average Bonchev–Trinajstić information content (AvgIpc) is 2.61. The maximum Gasteiger partial charge on any atom is 0.257 e. The summed E-state index contributed by atoms with van der Waals surface area (Å²) in [4.78, 5) is 14.3. The molecule has 1 fully saturated rings. The molecule has 3 rings (SSSR count). The summed E-state index contributed by atoms with van der Waals surface area (Å²) in [6.45, 7) is 4.03. The van der Waals surface area contributed by atoms with Crippen LogP contribution in [0.15, 0.2) is 42.5 Å². The van der Waals surface area contributed by atoms with Gasteiger partial charge in [0.1, 0.15) is 11.6 Å². The van der Waals surface area contributed by atoms with Crippen molar-refractivity contribution in [1.82, 2.24) is 10.2 Å². The SMILES string of the molecule is COc1ccc(-c2ccc(C(=O)N3CCNC[C@H]3C)c(F)c2)cc1. The highest BCUT2D eigenvalue weighted by atomic mass is 19.1. The molecular weight excluding hydrogens is 307 g/mol. The van der Waals surface area contributed by atoms with E-state index in [0.29, 0.717) is 6.54 Å². The molecule has 0 unspecified atom stereocenters. The lowest BCUT2D eigenvalue weighted by Gasteiger charge is -2.34. The maximum atomic E-state index is 14.5. The van der Waals surface area contributed by atoms with Crippen molar-refractivity contribution in [2.45, 2.75) is 13.0 Å². The molecule has 4 nitrogen and oxygen atoms in total. The van der Waals surface area contributed by atoms with Gasteiger partial charge in [0.05, 0.1) is 12.7 Å². The number of rotatable bonds is 3. The molecule has 1 heterocycles. The van der Waals surface area contributed by atoms with E-state index in [1.54, 1.807) is 24.1 Å². The molecule has 1 amide bonds. The third kappa shape index (κ3) is 3.26. The summed E-state index contributed by atoms with van der Waals surface area (Å²) in [6.07, 6.45) is 0. The van der Waals surface area contributed by atoms with Crippen LogP contribution in [-0.2, 0) is 0 Å². The Hall–Kier alpha value is -2.40. The first-order valence-electron chi connectivity index (χ1n) is 8.06. The van der Waals surface area contributed by atoms with Crippen molar-refractivity contribution in [1.29, 1.82) is 0 Å². The second kappa shape index (κ2) is 7.01. The van der Waals surface area contributed by atoms with Gasteiger partial charge in [-0.05, 0) is 42.3 Å². The van der Waals surface area contributed by atoms with Crippen molar-refractivity contribution >= 4 is 5.91 Å². The molecular formula is C19H21FN2O2. The molecule has 0 aliphatic carbocycles. The van der Waals surface area contributed by atoms with Crippen LogP contribution in [0.5, 0.6) is 5.75 Å². The number of halogens is 1. The van der Waals surface area contributed by atoms with Crippen molar-refractivity contribution in [3.63, 3.8) is 0 Å². The van der Waals surface area contributed by atoms with E-state index in [1.165, 1.54) is 6.07 Å². The number of nitrogens with one attached hydrogen (secondary N) is 1. The molecule has 1 N–H and O–H groups in total. The van der Waals surface area contributed by atoms with E-state index in [4.69, 9.17) is 4.74 Å². The largest absolute Gasteiger partial charge is 0.497 e. The van der Waals surface area contributed by atoms with Crippen LogP contribution in [0.25, 0.3) is 11.1 Å². The molecule has 126 valence electrons. The van der Waals surface area contributed by atoms with E-state index >= 15 is 0 Å². The van der Waals surface area contributed by atoms with Crippen LogP contribution in [0.1, 0.15) is 17.3 Å². The summed E-state index contributed by atoms with van der Waals surface area (Å²) in [5.74, 6) is 0.0144. The average molecular weight is 328 g/mol. The molecule has 2 aromatic carbocycles. The number of carbonyl (C=O) groups is 1. The molecule has 0 aromatic heterocycles. The smallest absolute Gasteiger partial charge is 0.257 e. The molecule has 0 radical (unpaired) electrons. The standard InChI is InChI=1S/C19H21FN2O2/c1-13-12-21-9-10-22(13)19(23)17-8-5-15(11-18(17)20)14-3-6-16(24-2)7-4-14/h3-8,11,13,21H,9-10,12H2,1-2H3/t13-/m1/s1. The number of amides is 1. The third-order valence-electron chi connectivity index (χ3n) is 4.38. The zero-order valence-corrected chi connectivity index (χ0v) is 13.9. The topological polar surface area (TPSA) is 41.6 Å². The molecule has 5 heteroatoms. The Labute approximate surface area is 141 Å². The molecule has 1 saturated heterocycles. The van der Waals surface area contributed by atoms with Crippen molar-refractivity contribution in [2.24, 2.45) is 0 Å². The maximum absolute atomic E-state index is 14.5. The predicted octanol–water partition coefficient (Wildman–Crippen LogP) is 2.94. The molecule has 1 atom stereocenters. The van der Waals surface area contributed by atoms with Crippen LogP contribution in [0, 0.1) is 5.82 Å². The monoisotopic (exact) mass is 328 g/mol. The Kier molecular flexibility index (Phi) is 4.81. The summed E-state index contributed by atoms with van der Waals surface area (Å²) in [7, 11) is 1.60. The summed E-state index contributed by atoms with van der Waals surface area (Å²) in [5.41, 5.74) is 1.74. The number of piperazine rings is 1. The molecule has 2 aromatic rings. The van der Waals surface area contributed by atoms with E-state index in [9.17, 15) is 9.18 Å². The lowest BCUT2D eigenvalue weighted by Crippen LogP contribution is -2.52. The summed E-state index contributed by atoms with van der Waals surface area (Å²) >= 11 is 0. The highest BCUT2D eigenvalue weighted by Gasteiger charge is 2.26. The molecule has 1 aliphatic heterocycles. The normalized spacial score (nSPS) is 17.6. The fraction of sp³-hybridized carbons (Fsp3) is 0.316. The van der Waals surface area contributed by atoms with Crippen molar-refractivity contribution < 1.29 is 13.9 Å². The Morgan fingerprint density at radius 2 is 1.92 bits per heavy atom. The van der Waals surface area contributed by atoms with Gasteiger partial charge in [0.15, 0.2) is 0 Å². The first-order valence-corrected chi connectivity index (χ1v) is 8.06. The van der Waals surface area contributed by atoms with Gasteiger partial charge in [-0.15, -0.1) is 0 Å². The lowest BCUT2D eigenvalue weighted by molar-refractivity contribution is 0.0651. The zero-order valence-electron chi connectivity index (χ0n) is 13.9. The molecule has 0 spiro atoms. The summed E-state index contributed by atoms with van der Waals surface area (Å²) < 4.78 is 19.7. The van der Waals surface area contributed by atoms with Crippen LogP contribution in [-0.4, -0.2) is 43.6 Å². The van der Waals surface area contributed by atoms with Crippen LogP contribution < -0.4 is 10.1 Å². The van der Waals surface area contributed by atoms with Gasteiger partial charge in [0, 0.05) is 25.7 Å². The predicted molar refractivity (Wildman–Crippen MR) is 91.8 cm³/mol. The number of benzene rings is 2. The molecule has 24 heavy (non-hydrogen) atoms. The van der Waals surface area contributed by atoms with Gasteiger partial charge in [-0.2, -0.15) is 0 Å². The van der Waals surface area contributed by atoms with Gasteiger partial charge in [0.25, 0.3) is 5.91 Å². The van der Waals surface area contributed by atoms with Crippen molar-refractivity contribution in [3.8, 4) is 16.9 Å². The van der Waals surface area contributed by atoms with Crippen molar-refractivity contribution in [3.05, 3.63) is 53.8 Å². The quantitative estimate of drug-likeness (QED) is 0.942. The number of methoxy groups -OCH3 is 1. The Morgan fingerprint density at radius 1 is 1.21 bits per heavy atom.